The molecule has 4 rings (SSSR count). The number of aromatic nitrogens is 2. The number of furan rings is 1. The molecule has 2 aromatic carbocycles. The van der Waals surface area contributed by atoms with Crippen LogP contribution in [0.15, 0.2) is 65.1 Å². The smallest absolute Gasteiger partial charge is 0.460 e. The van der Waals surface area contributed by atoms with E-state index < -0.39 is 6.36 Å². The van der Waals surface area contributed by atoms with Crippen molar-refractivity contribution in [3.63, 3.8) is 0 Å². The van der Waals surface area contributed by atoms with Crippen LogP contribution in [0.25, 0.3) is 22.4 Å². The van der Waals surface area contributed by atoms with Gasteiger partial charge in [-0.15, -0.1) is 13.2 Å². The van der Waals surface area contributed by atoms with Gasteiger partial charge in [-0.05, 0) is 42.8 Å². The lowest BCUT2D eigenvalue weighted by molar-refractivity contribution is -0.274. The van der Waals surface area contributed by atoms with Crippen LogP contribution in [-0.4, -0.2) is 16.1 Å². The highest BCUT2D eigenvalue weighted by atomic mass is 19.4. The summed E-state index contributed by atoms with van der Waals surface area (Å²) in [4.78, 5) is 0. The number of rotatable bonds is 4. The third-order valence-electron chi connectivity index (χ3n) is 4.10. The molecule has 0 radical (unpaired) electrons. The van der Waals surface area contributed by atoms with Gasteiger partial charge >= 0.3 is 6.36 Å². The quantitative estimate of drug-likeness (QED) is 0.333. The molecule has 0 saturated heterocycles. The fourth-order valence-electron chi connectivity index (χ4n) is 3.01. The number of benzene rings is 2. The Hall–Kier alpha value is -3.22. The lowest BCUT2D eigenvalue weighted by Crippen LogP contribution is -2.17. The van der Waals surface area contributed by atoms with Gasteiger partial charge in [0.25, 0.3) is 0 Å². The first kappa shape index (κ1) is 24.1. The molecule has 4 aromatic rings. The average Bonchev–Trinajstić information content (AvgIpc) is 3.34. The molecule has 4 nitrogen and oxygen atoms in total. The molecule has 0 bridgehead atoms. The van der Waals surface area contributed by atoms with Gasteiger partial charge in [0.1, 0.15) is 17.2 Å². The van der Waals surface area contributed by atoms with Crippen LogP contribution in [-0.2, 0) is 6.54 Å². The minimum Gasteiger partial charge on any atom is -0.460 e. The highest BCUT2D eigenvalue weighted by Crippen LogP contribution is 2.30. The normalized spacial score (nSPS) is 10.7. The maximum absolute atomic E-state index is 12.5. The Labute approximate surface area is 180 Å². The van der Waals surface area contributed by atoms with E-state index in [0.29, 0.717) is 23.6 Å². The van der Waals surface area contributed by atoms with E-state index in [0.717, 1.165) is 16.7 Å². The van der Waals surface area contributed by atoms with Crippen LogP contribution in [0.5, 0.6) is 5.75 Å². The predicted octanol–water partition coefficient (Wildman–Crippen LogP) is 7.60. The molecule has 0 fully saturated rings. The molecule has 0 aliphatic rings. The van der Waals surface area contributed by atoms with Crippen LogP contribution >= 0.6 is 0 Å². The predicted molar refractivity (Wildman–Crippen MR) is 117 cm³/mol. The first-order valence-electron chi connectivity index (χ1n) is 10.3. The Morgan fingerprint density at radius 2 is 1.65 bits per heavy atom. The zero-order valence-corrected chi connectivity index (χ0v) is 18.3. The Morgan fingerprint density at radius 3 is 2.29 bits per heavy atom. The van der Waals surface area contributed by atoms with Crippen molar-refractivity contribution in [2.45, 2.75) is 47.5 Å². The number of hydrogen-bond donors (Lipinski definition) is 0. The summed E-state index contributed by atoms with van der Waals surface area (Å²) in [5, 5.41) is 5.54. The van der Waals surface area contributed by atoms with Crippen molar-refractivity contribution in [3.05, 3.63) is 72.0 Å². The van der Waals surface area contributed by atoms with Crippen molar-refractivity contribution in [3.8, 4) is 17.2 Å². The van der Waals surface area contributed by atoms with Crippen LogP contribution in [0.2, 0.25) is 0 Å². The van der Waals surface area contributed by atoms with Crippen LogP contribution in [0.4, 0.5) is 13.2 Å². The Balaban J connectivity index is 0.000000807. The zero-order valence-electron chi connectivity index (χ0n) is 18.3. The number of para-hydroxylation sites is 1. The Bertz CT molecular complexity index is 1100. The van der Waals surface area contributed by atoms with Crippen molar-refractivity contribution in [2.24, 2.45) is 0 Å². The van der Waals surface area contributed by atoms with E-state index in [4.69, 9.17) is 4.42 Å². The maximum Gasteiger partial charge on any atom is 0.573 e. The van der Waals surface area contributed by atoms with Gasteiger partial charge in [0.15, 0.2) is 5.76 Å². The van der Waals surface area contributed by atoms with Crippen molar-refractivity contribution in [1.82, 2.24) is 9.78 Å². The largest absolute Gasteiger partial charge is 0.573 e. The highest BCUT2D eigenvalue weighted by Gasteiger charge is 2.31. The third-order valence-corrected chi connectivity index (χ3v) is 4.10. The second-order valence-corrected chi connectivity index (χ2v) is 6.13. The van der Waals surface area contributed by atoms with Gasteiger partial charge in [-0.2, -0.15) is 5.10 Å². The maximum atomic E-state index is 12.5. The van der Waals surface area contributed by atoms with E-state index in [1.54, 1.807) is 10.7 Å². The second kappa shape index (κ2) is 10.7. The summed E-state index contributed by atoms with van der Waals surface area (Å²) < 4.78 is 48.8. The third kappa shape index (κ3) is 6.13. The topological polar surface area (TPSA) is 40.2 Å². The van der Waals surface area contributed by atoms with Crippen LogP contribution in [0.1, 0.15) is 39.0 Å². The van der Waals surface area contributed by atoms with Gasteiger partial charge in [-0.3, -0.25) is 4.68 Å². The molecular weight excluding hydrogens is 405 g/mol. The van der Waals surface area contributed by atoms with E-state index in [2.05, 4.69) is 9.84 Å². The van der Waals surface area contributed by atoms with Crippen LogP contribution < -0.4 is 4.74 Å². The molecule has 2 aromatic heterocycles. The minimum atomic E-state index is -4.72. The van der Waals surface area contributed by atoms with Crippen molar-refractivity contribution in [1.29, 1.82) is 0 Å². The van der Waals surface area contributed by atoms with Gasteiger partial charge < -0.3 is 9.15 Å². The van der Waals surface area contributed by atoms with E-state index in [1.807, 2.05) is 71.0 Å². The zero-order chi connectivity index (χ0) is 23.0. The standard InChI is InChI=1S/C20H15F3N2O2.2C2H6/c1-13-9-10-18(26-13)19-16-7-2-3-8-17(16)25(24-19)12-14-5-4-6-15(11-14)27-20(21,22)23;2*1-2/h2-11H,12H2,1H3;2*1-2H3. The molecule has 0 spiro atoms. The van der Waals surface area contributed by atoms with Crippen molar-refractivity contribution in [2.75, 3.05) is 0 Å². The van der Waals surface area contributed by atoms with Gasteiger partial charge in [-0.1, -0.05) is 58.0 Å². The number of aryl methyl sites for hydroxylation is 1. The monoisotopic (exact) mass is 432 g/mol. The fourth-order valence-corrected chi connectivity index (χ4v) is 3.01. The molecule has 0 atom stereocenters. The minimum absolute atomic E-state index is 0.252. The second-order valence-electron chi connectivity index (χ2n) is 6.13. The first-order valence-corrected chi connectivity index (χ1v) is 10.3. The van der Waals surface area contributed by atoms with E-state index >= 15 is 0 Å². The molecule has 0 N–H and O–H groups in total. The molecule has 0 saturated carbocycles. The van der Waals surface area contributed by atoms with Crippen LogP contribution in [0.3, 0.4) is 0 Å². The lowest BCUT2D eigenvalue weighted by Gasteiger charge is -2.10. The van der Waals surface area contributed by atoms with E-state index in [-0.39, 0.29) is 5.75 Å². The van der Waals surface area contributed by atoms with E-state index in [1.165, 1.54) is 18.2 Å². The lowest BCUT2D eigenvalue weighted by atomic mass is 10.1. The average molecular weight is 432 g/mol. The number of fused-ring (bicyclic) bond motifs is 1. The van der Waals surface area contributed by atoms with Crippen molar-refractivity contribution >= 4 is 10.9 Å². The number of alkyl halides is 3. The summed E-state index contributed by atoms with van der Waals surface area (Å²) in [6.07, 6.45) is -4.72. The van der Waals surface area contributed by atoms with Gasteiger partial charge in [0, 0.05) is 5.39 Å². The van der Waals surface area contributed by atoms with Gasteiger partial charge in [-0.25, -0.2) is 0 Å². The molecule has 7 heteroatoms. The fraction of sp³-hybridized carbons (Fsp3) is 0.292. The van der Waals surface area contributed by atoms with Gasteiger partial charge in [0.05, 0.1) is 12.1 Å². The van der Waals surface area contributed by atoms with E-state index in [9.17, 15) is 13.2 Å². The number of halogens is 3. The molecule has 0 amide bonds. The highest BCUT2D eigenvalue weighted by molar-refractivity contribution is 5.92. The molecule has 0 aliphatic carbocycles. The van der Waals surface area contributed by atoms with Crippen molar-refractivity contribution < 1.29 is 22.3 Å². The molecule has 2 heterocycles. The summed E-state index contributed by atoms with van der Waals surface area (Å²) in [7, 11) is 0. The van der Waals surface area contributed by atoms with Gasteiger partial charge in [0.2, 0.25) is 0 Å². The van der Waals surface area contributed by atoms with Crippen LogP contribution in [0, 0.1) is 6.92 Å². The number of nitrogens with zero attached hydrogens (tertiary/aromatic N) is 2. The number of ether oxygens (including phenoxy) is 1. The Kier molecular flexibility index (Phi) is 8.30. The summed E-state index contributed by atoms with van der Waals surface area (Å²) in [6, 6.07) is 17.3. The summed E-state index contributed by atoms with van der Waals surface area (Å²) in [5.41, 5.74) is 2.21. The molecular formula is C24H27F3N2O2. The Morgan fingerprint density at radius 1 is 0.935 bits per heavy atom. The molecule has 31 heavy (non-hydrogen) atoms. The first-order chi connectivity index (χ1) is 14.9. The molecule has 0 aliphatic heterocycles. The molecule has 0 unspecified atom stereocenters. The SMILES string of the molecule is CC.CC.Cc1ccc(-c2nn(Cc3cccc(OC(F)(F)F)c3)c3ccccc23)o1. The number of hydrogen-bond acceptors (Lipinski definition) is 3. The summed E-state index contributed by atoms with van der Waals surface area (Å²) in [5.74, 6) is 1.18. The summed E-state index contributed by atoms with van der Waals surface area (Å²) in [6.45, 7) is 10.2. The molecule has 166 valence electrons. The summed E-state index contributed by atoms with van der Waals surface area (Å²) >= 11 is 0.